The Morgan fingerprint density at radius 3 is 2.76 bits per heavy atom. The van der Waals surface area contributed by atoms with Gasteiger partial charge < -0.3 is 4.74 Å². The van der Waals surface area contributed by atoms with Gasteiger partial charge in [0.2, 0.25) is 0 Å². The van der Waals surface area contributed by atoms with Gasteiger partial charge in [0.15, 0.2) is 0 Å². The molecule has 0 amide bonds. The third-order valence-electron chi connectivity index (χ3n) is 2.30. The Kier molecular flexibility index (Phi) is 3.32. The Morgan fingerprint density at radius 1 is 1.47 bits per heavy atom. The van der Waals surface area contributed by atoms with Gasteiger partial charge in [-0.25, -0.2) is 4.98 Å². The van der Waals surface area contributed by atoms with E-state index in [9.17, 15) is 0 Å². The molecule has 2 rings (SSSR count). The molecule has 0 N–H and O–H groups in total. The monoisotopic (exact) mass is 264 g/mol. The SMILES string of the molecule is COc1ccc(-c2nc(C)c(C#N)s2)c(Cl)c1. The van der Waals surface area contributed by atoms with Gasteiger partial charge in [-0.15, -0.1) is 11.3 Å². The minimum absolute atomic E-state index is 0.572. The molecule has 0 spiro atoms. The number of methoxy groups -OCH3 is 1. The number of rotatable bonds is 2. The van der Waals surface area contributed by atoms with Gasteiger partial charge in [-0.2, -0.15) is 5.26 Å². The lowest BCUT2D eigenvalue weighted by Gasteiger charge is -2.03. The predicted octanol–water partition coefficient (Wildman–Crippen LogP) is 3.65. The average molecular weight is 265 g/mol. The van der Waals surface area contributed by atoms with Crippen molar-refractivity contribution < 1.29 is 4.74 Å². The highest BCUT2D eigenvalue weighted by Gasteiger charge is 2.12. The first kappa shape index (κ1) is 11.9. The maximum atomic E-state index is 8.90. The molecule has 1 aromatic carbocycles. The number of aromatic nitrogens is 1. The van der Waals surface area contributed by atoms with Gasteiger partial charge in [-0.3, -0.25) is 0 Å². The second-order valence-electron chi connectivity index (χ2n) is 3.39. The first-order valence-electron chi connectivity index (χ1n) is 4.87. The molecule has 0 aliphatic heterocycles. The molecular formula is C12H9ClN2OS. The summed E-state index contributed by atoms with van der Waals surface area (Å²) in [5.41, 5.74) is 1.56. The van der Waals surface area contributed by atoms with Crippen molar-refractivity contribution in [2.24, 2.45) is 0 Å². The fourth-order valence-corrected chi connectivity index (χ4v) is 2.63. The predicted molar refractivity (Wildman–Crippen MR) is 68.6 cm³/mol. The van der Waals surface area contributed by atoms with Crippen molar-refractivity contribution in [3.8, 4) is 22.4 Å². The highest BCUT2D eigenvalue weighted by atomic mass is 35.5. The smallest absolute Gasteiger partial charge is 0.128 e. The number of hydrogen-bond acceptors (Lipinski definition) is 4. The van der Waals surface area contributed by atoms with Crippen LogP contribution in [-0.4, -0.2) is 12.1 Å². The number of nitrogens with zero attached hydrogens (tertiary/aromatic N) is 2. The van der Waals surface area contributed by atoms with Crippen molar-refractivity contribution in [1.29, 1.82) is 5.26 Å². The zero-order valence-corrected chi connectivity index (χ0v) is 10.9. The number of aryl methyl sites for hydroxylation is 1. The molecule has 5 heteroatoms. The minimum Gasteiger partial charge on any atom is -0.497 e. The van der Waals surface area contributed by atoms with E-state index >= 15 is 0 Å². The van der Waals surface area contributed by atoms with Crippen molar-refractivity contribution in [2.75, 3.05) is 7.11 Å². The van der Waals surface area contributed by atoms with Crippen LogP contribution in [0.3, 0.4) is 0 Å². The van der Waals surface area contributed by atoms with E-state index < -0.39 is 0 Å². The van der Waals surface area contributed by atoms with Crippen LogP contribution in [0.1, 0.15) is 10.6 Å². The average Bonchev–Trinajstić information content (AvgIpc) is 2.70. The molecule has 0 bridgehead atoms. The Bertz CT molecular complexity index is 601. The van der Waals surface area contributed by atoms with Gasteiger partial charge in [0.1, 0.15) is 21.7 Å². The lowest BCUT2D eigenvalue weighted by atomic mass is 10.2. The molecule has 1 aromatic heterocycles. The fourth-order valence-electron chi connectivity index (χ4n) is 1.41. The van der Waals surface area contributed by atoms with E-state index in [2.05, 4.69) is 11.1 Å². The summed E-state index contributed by atoms with van der Waals surface area (Å²) < 4.78 is 5.08. The standard InChI is InChI=1S/C12H9ClN2OS/c1-7-11(6-14)17-12(15-7)9-4-3-8(16-2)5-10(9)13/h3-5H,1-2H3. The summed E-state index contributed by atoms with van der Waals surface area (Å²) in [5.74, 6) is 0.701. The zero-order chi connectivity index (χ0) is 12.4. The molecule has 86 valence electrons. The van der Waals surface area contributed by atoms with Crippen LogP contribution in [0.2, 0.25) is 5.02 Å². The fraction of sp³-hybridized carbons (Fsp3) is 0.167. The van der Waals surface area contributed by atoms with Crippen LogP contribution in [0, 0.1) is 18.3 Å². The van der Waals surface area contributed by atoms with Crippen molar-refractivity contribution in [3.63, 3.8) is 0 Å². The van der Waals surface area contributed by atoms with Crippen molar-refractivity contribution in [1.82, 2.24) is 4.98 Å². The summed E-state index contributed by atoms with van der Waals surface area (Å²) in [6, 6.07) is 7.52. The third kappa shape index (κ3) is 2.26. The van der Waals surface area contributed by atoms with Crippen molar-refractivity contribution in [3.05, 3.63) is 33.8 Å². The number of hydrogen-bond donors (Lipinski definition) is 0. The van der Waals surface area contributed by atoms with Gasteiger partial charge in [-0.1, -0.05) is 11.6 Å². The molecule has 0 unspecified atom stereocenters. The first-order chi connectivity index (χ1) is 8.15. The molecule has 0 aliphatic rings. The molecule has 0 saturated carbocycles. The van der Waals surface area contributed by atoms with Crippen molar-refractivity contribution >= 4 is 22.9 Å². The minimum atomic E-state index is 0.572. The quantitative estimate of drug-likeness (QED) is 0.832. The third-order valence-corrected chi connectivity index (χ3v) is 3.71. The number of thiazole rings is 1. The zero-order valence-electron chi connectivity index (χ0n) is 9.32. The summed E-state index contributed by atoms with van der Waals surface area (Å²) in [6.45, 7) is 1.82. The molecule has 0 atom stereocenters. The summed E-state index contributed by atoms with van der Waals surface area (Å²) in [4.78, 5) is 4.96. The molecule has 0 fully saturated rings. The van der Waals surface area contributed by atoms with Gasteiger partial charge >= 0.3 is 0 Å². The van der Waals surface area contributed by atoms with Crippen LogP contribution < -0.4 is 4.74 Å². The maximum Gasteiger partial charge on any atom is 0.128 e. The van der Waals surface area contributed by atoms with Crippen LogP contribution in [-0.2, 0) is 0 Å². The first-order valence-corrected chi connectivity index (χ1v) is 6.06. The molecule has 0 radical (unpaired) electrons. The van der Waals surface area contributed by atoms with Crippen LogP contribution in [0.25, 0.3) is 10.6 Å². The molecule has 3 nitrogen and oxygen atoms in total. The summed E-state index contributed by atoms with van der Waals surface area (Å²) in [5, 5.41) is 10.2. The van der Waals surface area contributed by atoms with Crippen LogP contribution in [0.15, 0.2) is 18.2 Å². The highest BCUT2D eigenvalue weighted by molar-refractivity contribution is 7.15. The second kappa shape index (κ2) is 4.74. The number of nitriles is 1. The maximum absolute atomic E-state index is 8.90. The normalized spacial score (nSPS) is 10.0. The number of halogens is 1. The number of benzene rings is 1. The van der Waals surface area contributed by atoms with E-state index in [0.717, 1.165) is 16.3 Å². The summed E-state index contributed by atoms with van der Waals surface area (Å²) in [7, 11) is 1.59. The van der Waals surface area contributed by atoms with Gasteiger partial charge in [0.05, 0.1) is 17.8 Å². The van der Waals surface area contributed by atoms with E-state index in [0.29, 0.717) is 15.6 Å². The van der Waals surface area contributed by atoms with Gasteiger partial charge in [0.25, 0.3) is 0 Å². The van der Waals surface area contributed by atoms with E-state index in [1.165, 1.54) is 11.3 Å². The van der Waals surface area contributed by atoms with Gasteiger partial charge in [-0.05, 0) is 25.1 Å². The van der Waals surface area contributed by atoms with E-state index in [1.807, 2.05) is 19.1 Å². The molecule has 1 heterocycles. The van der Waals surface area contributed by atoms with E-state index in [-0.39, 0.29) is 0 Å². The van der Waals surface area contributed by atoms with Crippen molar-refractivity contribution in [2.45, 2.75) is 6.92 Å². The molecule has 17 heavy (non-hydrogen) atoms. The Hall–Kier alpha value is -1.57. The Labute approximate surface area is 108 Å². The Balaban J connectivity index is 2.50. The van der Waals surface area contributed by atoms with E-state index in [4.69, 9.17) is 21.6 Å². The topological polar surface area (TPSA) is 45.9 Å². The largest absolute Gasteiger partial charge is 0.497 e. The molecule has 2 aromatic rings. The van der Waals surface area contributed by atoms with Gasteiger partial charge in [0, 0.05) is 5.56 Å². The highest BCUT2D eigenvalue weighted by Crippen LogP contribution is 2.34. The van der Waals surface area contributed by atoms with E-state index in [1.54, 1.807) is 13.2 Å². The lowest BCUT2D eigenvalue weighted by molar-refractivity contribution is 0.415. The number of ether oxygens (including phenoxy) is 1. The molecule has 0 aliphatic carbocycles. The molecular weight excluding hydrogens is 256 g/mol. The second-order valence-corrected chi connectivity index (χ2v) is 4.80. The van der Waals surface area contributed by atoms with Crippen LogP contribution >= 0.6 is 22.9 Å². The van der Waals surface area contributed by atoms with Crippen LogP contribution in [0.4, 0.5) is 0 Å². The Morgan fingerprint density at radius 2 is 2.24 bits per heavy atom. The summed E-state index contributed by atoms with van der Waals surface area (Å²) >= 11 is 7.49. The lowest BCUT2D eigenvalue weighted by Crippen LogP contribution is -1.84. The van der Waals surface area contributed by atoms with Crippen LogP contribution in [0.5, 0.6) is 5.75 Å². The summed E-state index contributed by atoms with van der Waals surface area (Å²) in [6.07, 6.45) is 0. The molecule has 0 saturated heterocycles.